The molecule has 3 nitrogen and oxygen atoms in total. The Hall–Kier alpha value is -0.120. The number of piperidine rings is 1. The first-order valence-corrected chi connectivity index (χ1v) is 7.86. The summed E-state index contributed by atoms with van der Waals surface area (Å²) in [7, 11) is 2.16. The highest BCUT2D eigenvalue weighted by Gasteiger charge is 2.53. The highest BCUT2D eigenvalue weighted by atomic mass is 16.3. The molecule has 0 aromatic heterocycles. The van der Waals surface area contributed by atoms with Crippen LogP contribution in [0.25, 0.3) is 0 Å². The van der Waals surface area contributed by atoms with Gasteiger partial charge in [-0.2, -0.15) is 0 Å². The molecule has 2 unspecified atom stereocenters. The third-order valence-electron chi connectivity index (χ3n) is 6.20. The van der Waals surface area contributed by atoms with Crippen molar-refractivity contribution in [1.82, 2.24) is 4.90 Å². The second kappa shape index (κ2) is 5.01. The second-order valence-corrected chi connectivity index (χ2v) is 7.96. The molecular formula is C16H32N2O. The zero-order valence-electron chi connectivity index (χ0n) is 13.2. The van der Waals surface area contributed by atoms with Gasteiger partial charge in [-0.05, 0) is 57.9 Å². The van der Waals surface area contributed by atoms with Gasteiger partial charge in [0.15, 0.2) is 0 Å². The molecule has 1 aliphatic carbocycles. The Balaban J connectivity index is 2.17. The predicted octanol–water partition coefficient (Wildman–Crippen LogP) is 2.38. The maximum Gasteiger partial charge on any atom is 0.0742 e. The van der Waals surface area contributed by atoms with Crippen LogP contribution in [0.3, 0.4) is 0 Å². The topological polar surface area (TPSA) is 49.5 Å². The molecule has 112 valence electrons. The van der Waals surface area contributed by atoms with Crippen LogP contribution in [0.5, 0.6) is 0 Å². The standard InChI is InChI=1S/C16H32N2O/c1-13-11-16(19,9-10-18(13)4)15(12-17)7-5-14(2,3)6-8-15/h13,19H,5-12,17H2,1-4H3. The molecule has 3 N–H and O–H groups in total. The number of aliphatic hydroxyl groups is 1. The van der Waals surface area contributed by atoms with Gasteiger partial charge in [0.1, 0.15) is 0 Å². The van der Waals surface area contributed by atoms with Gasteiger partial charge in [-0.3, -0.25) is 0 Å². The SMILES string of the molecule is CC1CC(O)(C2(CN)CCC(C)(C)CC2)CCN1C. The lowest BCUT2D eigenvalue weighted by atomic mass is 9.55. The quantitative estimate of drug-likeness (QED) is 0.808. The van der Waals surface area contributed by atoms with Crippen molar-refractivity contribution < 1.29 is 5.11 Å². The molecular weight excluding hydrogens is 236 g/mol. The van der Waals surface area contributed by atoms with Crippen LogP contribution in [0.1, 0.15) is 59.3 Å². The lowest BCUT2D eigenvalue weighted by Gasteiger charge is -2.56. The molecule has 3 heteroatoms. The summed E-state index contributed by atoms with van der Waals surface area (Å²) >= 11 is 0. The minimum absolute atomic E-state index is 0.0436. The van der Waals surface area contributed by atoms with Crippen molar-refractivity contribution in [3.63, 3.8) is 0 Å². The molecule has 1 saturated heterocycles. The smallest absolute Gasteiger partial charge is 0.0742 e. The fourth-order valence-electron chi connectivity index (χ4n) is 4.07. The minimum atomic E-state index is -0.551. The summed E-state index contributed by atoms with van der Waals surface area (Å²) in [5.41, 5.74) is 5.98. The Bertz CT molecular complexity index is 319. The normalized spacial score (nSPS) is 39.2. The zero-order chi connectivity index (χ0) is 14.3. The van der Waals surface area contributed by atoms with E-state index in [2.05, 4.69) is 32.7 Å². The first-order valence-electron chi connectivity index (χ1n) is 7.86. The van der Waals surface area contributed by atoms with Gasteiger partial charge in [0.05, 0.1) is 5.60 Å². The number of nitrogens with zero attached hydrogens (tertiary/aromatic N) is 1. The molecule has 2 atom stereocenters. The fourth-order valence-corrected chi connectivity index (χ4v) is 4.07. The van der Waals surface area contributed by atoms with Crippen LogP contribution in [-0.2, 0) is 0 Å². The number of likely N-dealkylation sites (tertiary alicyclic amines) is 1. The van der Waals surface area contributed by atoms with Crippen molar-refractivity contribution in [2.75, 3.05) is 20.1 Å². The van der Waals surface area contributed by atoms with E-state index in [4.69, 9.17) is 5.73 Å². The van der Waals surface area contributed by atoms with E-state index in [-0.39, 0.29) is 5.41 Å². The van der Waals surface area contributed by atoms with Gasteiger partial charge in [-0.25, -0.2) is 0 Å². The van der Waals surface area contributed by atoms with Crippen molar-refractivity contribution in [2.24, 2.45) is 16.6 Å². The average Bonchev–Trinajstić information content (AvgIpc) is 2.35. The average molecular weight is 268 g/mol. The van der Waals surface area contributed by atoms with Gasteiger partial charge < -0.3 is 15.7 Å². The number of rotatable bonds is 2. The zero-order valence-corrected chi connectivity index (χ0v) is 13.2. The van der Waals surface area contributed by atoms with E-state index in [9.17, 15) is 5.11 Å². The third-order valence-corrected chi connectivity index (χ3v) is 6.20. The second-order valence-electron chi connectivity index (χ2n) is 7.96. The van der Waals surface area contributed by atoms with Crippen molar-refractivity contribution in [2.45, 2.75) is 70.9 Å². The van der Waals surface area contributed by atoms with E-state index >= 15 is 0 Å². The number of hydrogen-bond donors (Lipinski definition) is 2. The summed E-state index contributed by atoms with van der Waals surface area (Å²) in [5, 5.41) is 11.3. The van der Waals surface area contributed by atoms with Crippen LogP contribution in [0.4, 0.5) is 0 Å². The van der Waals surface area contributed by atoms with E-state index in [1.807, 2.05) is 0 Å². The lowest BCUT2D eigenvalue weighted by Crippen LogP contribution is -2.60. The van der Waals surface area contributed by atoms with E-state index < -0.39 is 5.60 Å². The largest absolute Gasteiger partial charge is 0.389 e. The first-order chi connectivity index (χ1) is 8.74. The summed E-state index contributed by atoms with van der Waals surface area (Å²) in [5.74, 6) is 0. The molecule has 0 radical (unpaired) electrons. The van der Waals surface area contributed by atoms with Gasteiger partial charge in [0, 0.05) is 24.5 Å². The van der Waals surface area contributed by atoms with Crippen molar-refractivity contribution in [3.05, 3.63) is 0 Å². The summed E-state index contributed by atoms with van der Waals surface area (Å²) in [6, 6.07) is 0.456. The monoisotopic (exact) mass is 268 g/mol. The molecule has 2 rings (SSSR count). The van der Waals surface area contributed by atoms with E-state index in [1.54, 1.807) is 0 Å². The van der Waals surface area contributed by atoms with Crippen LogP contribution in [-0.4, -0.2) is 41.8 Å². The highest BCUT2D eigenvalue weighted by Crippen LogP contribution is 2.53. The molecule has 0 aromatic carbocycles. The highest BCUT2D eigenvalue weighted by molar-refractivity contribution is 5.06. The molecule has 0 spiro atoms. The van der Waals surface area contributed by atoms with Crippen LogP contribution >= 0.6 is 0 Å². The molecule has 0 aromatic rings. The number of hydrogen-bond acceptors (Lipinski definition) is 3. The Morgan fingerprint density at radius 1 is 1.16 bits per heavy atom. The predicted molar refractivity (Wildman–Crippen MR) is 80.0 cm³/mol. The number of nitrogens with two attached hydrogens (primary N) is 1. The van der Waals surface area contributed by atoms with Gasteiger partial charge in [-0.1, -0.05) is 13.8 Å². The van der Waals surface area contributed by atoms with Gasteiger partial charge in [0.25, 0.3) is 0 Å². The maximum atomic E-state index is 11.3. The van der Waals surface area contributed by atoms with Crippen molar-refractivity contribution >= 4 is 0 Å². The molecule has 2 fully saturated rings. The van der Waals surface area contributed by atoms with Gasteiger partial charge in [0.2, 0.25) is 0 Å². The van der Waals surface area contributed by atoms with Crippen LogP contribution in [0.15, 0.2) is 0 Å². The summed E-state index contributed by atoms with van der Waals surface area (Å²) in [6.45, 7) is 8.53. The van der Waals surface area contributed by atoms with Crippen LogP contribution in [0, 0.1) is 10.8 Å². The molecule has 1 heterocycles. The Morgan fingerprint density at radius 2 is 1.74 bits per heavy atom. The Kier molecular flexibility index (Phi) is 4.03. The van der Waals surface area contributed by atoms with E-state index in [0.29, 0.717) is 18.0 Å². The fraction of sp³-hybridized carbons (Fsp3) is 1.00. The Labute approximate surface area is 118 Å². The summed E-state index contributed by atoms with van der Waals surface area (Å²) in [4.78, 5) is 2.35. The Morgan fingerprint density at radius 3 is 2.21 bits per heavy atom. The van der Waals surface area contributed by atoms with Crippen molar-refractivity contribution in [3.8, 4) is 0 Å². The maximum absolute atomic E-state index is 11.3. The first kappa shape index (κ1) is 15.3. The molecule has 1 saturated carbocycles. The summed E-state index contributed by atoms with van der Waals surface area (Å²) < 4.78 is 0. The van der Waals surface area contributed by atoms with Crippen LogP contribution in [0.2, 0.25) is 0 Å². The van der Waals surface area contributed by atoms with Crippen LogP contribution < -0.4 is 5.73 Å². The molecule has 0 bridgehead atoms. The van der Waals surface area contributed by atoms with Gasteiger partial charge in [-0.15, -0.1) is 0 Å². The summed E-state index contributed by atoms with van der Waals surface area (Å²) in [6.07, 6.45) is 6.31. The van der Waals surface area contributed by atoms with E-state index in [1.165, 1.54) is 12.8 Å². The van der Waals surface area contributed by atoms with Crippen molar-refractivity contribution in [1.29, 1.82) is 0 Å². The third kappa shape index (κ3) is 2.70. The molecule has 2 aliphatic rings. The molecule has 1 aliphatic heterocycles. The van der Waals surface area contributed by atoms with E-state index in [0.717, 1.165) is 32.2 Å². The lowest BCUT2D eigenvalue weighted by molar-refractivity contribution is -0.149. The van der Waals surface area contributed by atoms with Gasteiger partial charge >= 0.3 is 0 Å². The molecule has 19 heavy (non-hydrogen) atoms. The molecule has 0 amide bonds. The minimum Gasteiger partial charge on any atom is -0.389 e.